The fourth-order valence-corrected chi connectivity index (χ4v) is 2.60. The number of rotatable bonds is 3. The van der Waals surface area contributed by atoms with Gasteiger partial charge in [0.2, 0.25) is 0 Å². The van der Waals surface area contributed by atoms with Crippen molar-refractivity contribution in [1.82, 2.24) is 4.57 Å². The Balaban J connectivity index is 2.26. The summed E-state index contributed by atoms with van der Waals surface area (Å²) in [5.41, 5.74) is 1.27. The number of aliphatic carboxylic acids is 1. The van der Waals surface area contributed by atoms with E-state index < -0.39 is 11.4 Å². The van der Waals surface area contributed by atoms with Crippen molar-refractivity contribution in [2.75, 3.05) is 7.11 Å². The summed E-state index contributed by atoms with van der Waals surface area (Å²) in [4.78, 5) is 11.5. The lowest BCUT2D eigenvalue weighted by atomic mass is 9.95. The highest BCUT2D eigenvalue weighted by Crippen LogP contribution is 2.51. The quantitative estimate of drug-likeness (QED) is 0.902. The van der Waals surface area contributed by atoms with Gasteiger partial charge in [-0.2, -0.15) is 0 Å². The third-order valence-electron chi connectivity index (χ3n) is 3.87. The molecule has 2 aromatic rings. The van der Waals surface area contributed by atoms with Crippen LogP contribution in [0.25, 0.3) is 10.9 Å². The molecule has 4 heteroatoms. The number of benzene rings is 1. The lowest BCUT2D eigenvalue weighted by molar-refractivity contribution is -0.140. The molecule has 1 aromatic heterocycles. The highest BCUT2D eigenvalue weighted by atomic mass is 16.5. The second-order valence-electron chi connectivity index (χ2n) is 4.92. The summed E-state index contributed by atoms with van der Waals surface area (Å²) in [5.74, 6) is 0.0361. The Labute approximate surface area is 105 Å². The Morgan fingerprint density at radius 2 is 2.17 bits per heavy atom. The number of carbonyl (C=O) groups is 1. The van der Waals surface area contributed by atoms with Gasteiger partial charge in [-0.3, -0.25) is 4.79 Å². The van der Waals surface area contributed by atoms with Crippen LogP contribution in [0, 0.1) is 0 Å². The SMILES string of the molecule is COc1ccc2c(c1)c(C1(C(=O)O)CC1)cn2C. The van der Waals surface area contributed by atoms with Gasteiger partial charge >= 0.3 is 5.97 Å². The number of hydrogen-bond donors (Lipinski definition) is 1. The number of hydrogen-bond acceptors (Lipinski definition) is 2. The van der Waals surface area contributed by atoms with Crippen molar-refractivity contribution in [3.63, 3.8) is 0 Å². The highest BCUT2D eigenvalue weighted by molar-refractivity contribution is 5.95. The molecule has 0 saturated heterocycles. The van der Waals surface area contributed by atoms with Crippen LogP contribution in [0.5, 0.6) is 5.75 Å². The van der Waals surface area contributed by atoms with Crippen molar-refractivity contribution in [2.45, 2.75) is 18.3 Å². The molecule has 1 fully saturated rings. The Morgan fingerprint density at radius 3 is 2.72 bits per heavy atom. The van der Waals surface area contributed by atoms with Crippen LogP contribution in [-0.2, 0) is 17.3 Å². The van der Waals surface area contributed by atoms with Crippen LogP contribution in [0.3, 0.4) is 0 Å². The van der Waals surface area contributed by atoms with Gasteiger partial charge in [-0.1, -0.05) is 0 Å². The van der Waals surface area contributed by atoms with E-state index in [2.05, 4.69) is 0 Å². The van der Waals surface area contributed by atoms with E-state index >= 15 is 0 Å². The number of ether oxygens (including phenoxy) is 1. The van der Waals surface area contributed by atoms with Crippen molar-refractivity contribution >= 4 is 16.9 Å². The molecule has 1 aliphatic carbocycles. The minimum Gasteiger partial charge on any atom is -0.497 e. The second kappa shape index (κ2) is 3.51. The maximum absolute atomic E-state index is 11.5. The average molecular weight is 245 g/mol. The van der Waals surface area contributed by atoms with Gasteiger partial charge < -0.3 is 14.4 Å². The van der Waals surface area contributed by atoms with Crippen molar-refractivity contribution < 1.29 is 14.6 Å². The first-order chi connectivity index (χ1) is 8.58. The lowest BCUT2D eigenvalue weighted by Gasteiger charge is -2.08. The summed E-state index contributed by atoms with van der Waals surface area (Å²) in [6.45, 7) is 0. The number of carboxylic acids is 1. The van der Waals surface area contributed by atoms with Crippen LogP contribution in [-0.4, -0.2) is 22.8 Å². The summed E-state index contributed by atoms with van der Waals surface area (Å²) in [6.07, 6.45) is 3.38. The molecule has 0 aliphatic heterocycles. The van der Waals surface area contributed by atoms with Gasteiger partial charge in [0.1, 0.15) is 5.75 Å². The average Bonchev–Trinajstić information content (AvgIpc) is 3.11. The molecule has 0 bridgehead atoms. The predicted molar refractivity (Wildman–Crippen MR) is 68.0 cm³/mol. The van der Waals surface area contributed by atoms with E-state index in [9.17, 15) is 9.90 Å². The molecule has 1 N–H and O–H groups in total. The summed E-state index contributed by atoms with van der Waals surface area (Å²) in [5, 5.41) is 10.4. The Bertz CT molecular complexity index is 638. The summed E-state index contributed by atoms with van der Waals surface area (Å²) >= 11 is 0. The Kier molecular flexibility index (Phi) is 2.17. The smallest absolute Gasteiger partial charge is 0.314 e. The van der Waals surface area contributed by atoms with Gasteiger partial charge in [-0.05, 0) is 36.6 Å². The number of aromatic nitrogens is 1. The largest absolute Gasteiger partial charge is 0.497 e. The van der Waals surface area contributed by atoms with Gasteiger partial charge in [-0.15, -0.1) is 0 Å². The molecule has 0 spiro atoms. The number of aryl methyl sites for hydroxylation is 1. The van der Waals surface area contributed by atoms with Gasteiger partial charge in [-0.25, -0.2) is 0 Å². The first-order valence-corrected chi connectivity index (χ1v) is 5.95. The Morgan fingerprint density at radius 1 is 1.44 bits per heavy atom. The minimum absolute atomic E-state index is 0.675. The zero-order valence-corrected chi connectivity index (χ0v) is 10.4. The van der Waals surface area contributed by atoms with E-state index in [-0.39, 0.29) is 0 Å². The first-order valence-electron chi connectivity index (χ1n) is 5.95. The molecule has 18 heavy (non-hydrogen) atoms. The number of nitrogens with zero attached hydrogens (tertiary/aromatic N) is 1. The number of methoxy groups -OCH3 is 1. The Hall–Kier alpha value is -1.97. The van der Waals surface area contributed by atoms with Crippen LogP contribution in [0.2, 0.25) is 0 Å². The number of fused-ring (bicyclic) bond motifs is 1. The zero-order chi connectivity index (χ0) is 12.9. The zero-order valence-electron chi connectivity index (χ0n) is 10.4. The standard InChI is InChI=1S/C14H15NO3/c1-15-8-11(14(5-6-14)13(16)17)10-7-9(18-2)3-4-12(10)15/h3-4,7-8H,5-6H2,1-2H3,(H,16,17). The molecular formula is C14H15NO3. The fraction of sp³-hybridized carbons (Fsp3) is 0.357. The molecule has 1 aliphatic rings. The van der Waals surface area contributed by atoms with Crippen LogP contribution < -0.4 is 4.74 Å². The van der Waals surface area contributed by atoms with Gasteiger partial charge in [0.05, 0.1) is 12.5 Å². The molecule has 0 amide bonds. The van der Waals surface area contributed by atoms with Crippen molar-refractivity contribution in [3.8, 4) is 5.75 Å². The maximum Gasteiger partial charge on any atom is 0.314 e. The van der Waals surface area contributed by atoms with E-state index in [0.29, 0.717) is 0 Å². The molecule has 1 saturated carbocycles. The maximum atomic E-state index is 11.5. The molecule has 0 radical (unpaired) electrons. The fourth-order valence-electron chi connectivity index (χ4n) is 2.60. The molecule has 3 rings (SSSR count). The van der Waals surface area contributed by atoms with Crippen molar-refractivity contribution in [1.29, 1.82) is 0 Å². The van der Waals surface area contributed by atoms with Crippen LogP contribution in [0.1, 0.15) is 18.4 Å². The third kappa shape index (κ3) is 1.35. The molecular weight excluding hydrogens is 230 g/mol. The normalized spacial score (nSPS) is 16.8. The van der Waals surface area contributed by atoms with Gasteiger partial charge in [0.25, 0.3) is 0 Å². The molecule has 1 heterocycles. The first kappa shape index (κ1) is 11.1. The van der Waals surface area contributed by atoms with Crippen LogP contribution in [0.15, 0.2) is 24.4 Å². The summed E-state index contributed by atoms with van der Waals surface area (Å²) < 4.78 is 7.20. The van der Waals surface area contributed by atoms with E-state index in [1.807, 2.05) is 36.0 Å². The molecule has 0 atom stereocenters. The van der Waals surface area contributed by atoms with Crippen LogP contribution >= 0.6 is 0 Å². The number of carboxylic acid groups (broad SMARTS) is 1. The third-order valence-corrected chi connectivity index (χ3v) is 3.87. The van der Waals surface area contributed by atoms with E-state index in [1.54, 1.807) is 7.11 Å². The van der Waals surface area contributed by atoms with Crippen molar-refractivity contribution in [2.24, 2.45) is 7.05 Å². The van der Waals surface area contributed by atoms with Gasteiger partial charge in [0.15, 0.2) is 0 Å². The predicted octanol–water partition coefficient (Wildman–Crippen LogP) is 2.30. The molecule has 4 nitrogen and oxygen atoms in total. The summed E-state index contributed by atoms with van der Waals surface area (Å²) in [6, 6.07) is 5.79. The summed E-state index contributed by atoms with van der Waals surface area (Å²) in [7, 11) is 3.56. The highest BCUT2D eigenvalue weighted by Gasteiger charge is 2.53. The van der Waals surface area contributed by atoms with Crippen molar-refractivity contribution in [3.05, 3.63) is 30.0 Å². The van der Waals surface area contributed by atoms with Gasteiger partial charge in [0, 0.05) is 24.1 Å². The van der Waals surface area contributed by atoms with E-state index in [0.717, 1.165) is 35.1 Å². The second-order valence-corrected chi connectivity index (χ2v) is 4.92. The van der Waals surface area contributed by atoms with E-state index in [4.69, 9.17) is 4.74 Å². The topological polar surface area (TPSA) is 51.5 Å². The van der Waals surface area contributed by atoms with E-state index in [1.165, 1.54) is 0 Å². The molecule has 1 aromatic carbocycles. The minimum atomic E-state index is -0.724. The molecule has 0 unspecified atom stereocenters. The van der Waals surface area contributed by atoms with Crippen LogP contribution in [0.4, 0.5) is 0 Å². The molecule has 94 valence electrons. The monoisotopic (exact) mass is 245 g/mol. The lowest BCUT2D eigenvalue weighted by Crippen LogP contribution is -2.19.